The lowest BCUT2D eigenvalue weighted by molar-refractivity contribution is -0.113. The minimum Gasteiger partial charge on any atom is -0.485 e. The summed E-state index contributed by atoms with van der Waals surface area (Å²) >= 11 is 8.67. The molecule has 0 aliphatic carbocycles. The maximum absolute atomic E-state index is 12.6. The van der Waals surface area contributed by atoms with Crippen molar-refractivity contribution in [3.8, 4) is 17.0 Å². The summed E-state index contributed by atoms with van der Waals surface area (Å²) in [6, 6.07) is 19.7. The average molecular weight is 550 g/mol. The molecule has 0 fully saturated rings. The van der Waals surface area contributed by atoms with Crippen LogP contribution >= 0.6 is 34.7 Å². The Labute approximate surface area is 227 Å². The van der Waals surface area contributed by atoms with Crippen LogP contribution in [0.4, 0.5) is 5.13 Å². The van der Waals surface area contributed by atoms with E-state index in [-0.39, 0.29) is 11.7 Å². The number of amides is 1. The molecule has 2 heterocycles. The topological polar surface area (TPSA) is 81.9 Å². The molecular weight excluding hydrogens is 526 g/mol. The first-order valence-electron chi connectivity index (χ1n) is 11.7. The highest BCUT2D eigenvalue weighted by molar-refractivity contribution is 7.99. The molecule has 0 aliphatic heterocycles. The van der Waals surface area contributed by atoms with Gasteiger partial charge in [-0.15, -0.1) is 21.5 Å². The molecule has 1 amide bonds. The van der Waals surface area contributed by atoms with Gasteiger partial charge in [0.15, 0.2) is 16.1 Å². The molecule has 0 bridgehead atoms. The summed E-state index contributed by atoms with van der Waals surface area (Å²) in [5, 5.41) is 17.6. The number of hydrogen-bond acceptors (Lipinski definition) is 7. The van der Waals surface area contributed by atoms with Crippen molar-refractivity contribution < 1.29 is 9.53 Å². The Kier molecular flexibility index (Phi) is 7.73. The van der Waals surface area contributed by atoms with Crippen molar-refractivity contribution in [2.45, 2.75) is 32.2 Å². The van der Waals surface area contributed by atoms with Gasteiger partial charge in [-0.05, 0) is 48.4 Å². The van der Waals surface area contributed by atoms with Crippen LogP contribution < -0.4 is 10.1 Å². The number of anilines is 1. The van der Waals surface area contributed by atoms with Crippen molar-refractivity contribution in [1.82, 2.24) is 19.7 Å². The average Bonchev–Trinajstić information content (AvgIpc) is 3.54. The van der Waals surface area contributed by atoms with Crippen molar-refractivity contribution in [2.75, 3.05) is 11.1 Å². The number of carbonyl (C=O) groups excluding carboxylic acids is 1. The highest BCUT2D eigenvalue weighted by Gasteiger charge is 2.15. The van der Waals surface area contributed by atoms with Crippen LogP contribution in [0.5, 0.6) is 5.75 Å². The first-order valence-corrected chi connectivity index (χ1v) is 13.9. The zero-order chi connectivity index (χ0) is 25.8. The number of aromatic nitrogens is 4. The largest absolute Gasteiger partial charge is 0.485 e. The zero-order valence-electron chi connectivity index (χ0n) is 20.3. The van der Waals surface area contributed by atoms with Gasteiger partial charge in [-0.1, -0.05) is 65.8 Å². The third-order valence-corrected chi connectivity index (χ3v) is 7.81. The number of thioether (sulfide) groups is 1. The van der Waals surface area contributed by atoms with Gasteiger partial charge in [0.25, 0.3) is 0 Å². The second-order valence-electron chi connectivity index (χ2n) is 8.22. The number of ether oxygens (including phenoxy) is 1. The predicted octanol–water partition coefficient (Wildman–Crippen LogP) is 6.85. The molecule has 0 unspecified atom stereocenters. The maximum Gasteiger partial charge on any atom is 0.236 e. The zero-order valence-corrected chi connectivity index (χ0v) is 22.7. The summed E-state index contributed by atoms with van der Waals surface area (Å²) in [6.07, 6.45) is 0. The van der Waals surface area contributed by atoms with Crippen molar-refractivity contribution in [1.29, 1.82) is 0 Å². The molecule has 10 heteroatoms. The lowest BCUT2D eigenvalue weighted by Crippen LogP contribution is -2.14. The van der Waals surface area contributed by atoms with E-state index < -0.39 is 0 Å². The maximum atomic E-state index is 12.6. The molecule has 3 aromatic carbocycles. The molecule has 0 atom stereocenters. The normalized spacial score (nSPS) is 11.1. The fourth-order valence-electron chi connectivity index (χ4n) is 3.93. The lowest BCUT2D eigenvalue weighted by atomic mass is 10.0. The Balaban J connectivity index is 1.19. The fourth-order valence-corrected chi connectivity index (χ4v) is 5.61. The van der Waals surface area contributed by atoms with Crippen LogP contribution in [0.15, 0.2) is 71.2 Å². The lowest BCUT2D eigenvalue weighted by Gasteiger charge is -2.12. The Morgan fingerprint density at radius 3 is 2.73 bits per heavy atom. The molecule has 0 radical (unpaired) electrons. The Bertz CT molecular complexity index is 1550. The SMILES string of the molecule is CCn1c(COc2ccc3ccccc3c2C)nnc1SCC(=O)Nc1nc(-c2ccc(Cl)cc2)cs1. The third kappa shape index (κ3) is 5.79. The molecule has 7 nitrogen and oxygen atoms in total. The van der Waals surface area contributed by atoms with Crippen molar-refractivity contribution >= 4 is 56.5 Å². The van der Waals surface area contributed by atoms with Crippen LogP contribution in [0, 0.1) is 6.92 Å². The van der Waals surface area contributed by atoms with Crippen LogP contribution in [-0.2, 0) is 17.9 Å². The molecule has 2 aromatic heterocycles. The minimum atomic E-state index is -0.155. The van der Waals surface area contributed by atoms with E-state index in [0.717, 1.165) is 22.6 Å². The smallest absolute Gasteiger partial charge is 0.236 e. The Hall–Kier alpha value is -3.40. The molecule has 188 valence electrons. The second kappa shape index (κ2) is 11.3. The number of aryl methyl sites for hydroxylation is 1. The van der Waals surface area contributed by atoms with Gasteiger partial charge in [-0.2, -0.15) is 0 Å². The van der Waals surface area contributed by atoms with Gasteiger partial charge in [-0.25, -0.2) is 4.98 Å². The number of halogens is 1. The van der Waals surface area contributed by atoms with Gasteiger partial charge in [0.05, 0.1) is 11.4 Å². The number of hydrogen-bond donors (Lipinski definition) is 1. The van der Waals surface area contributed by atoms with E-state index in [4.69, 9.17) is 16.3 Å². The monoisotopic (exact) mass is 549 g/mol. The molecule has 0 aliphatic rings. The number of nitrogens with one attached hydrogen (secondary N) is 1. The van der Waals surface area contributed by atoms with E-state index in [9.17, 15) is 4.79 Å². The number of carbonyl (C=O) groups is 1. The van der Waals surface area contributed by atoms with E-state index in [1.165, 1.54) is 33.9 Å². The molecule has 0 saturated carbocycles. The van der Waals surface area contributed by atoms with Gasteiger partial charge in [0, 0.05) is 22.5 Å². The molecule has 0 spiro atoms. The summed E-state index contributed by atoms with van der Waals surface area (Å²) in [5.74, 6) is 1.57. The summed E-state index contributed by atoms with van der Waals surface area (Å²) in [5.41, 5.74) is 2.83. The van der Waals surface area contributed by atoms with E-state index in [1.807, 2.05) is 59.3 Å². The molecule has 5 rings (SSSR count). The van der Waals surface area contributed by atoms with Gasteiger partial charge in [0.1, 0.15) is 12.4 Å². The summed E-state index contributed by atoms with van der Waals surface area (Å²) in [7, 11) is 0. The molecule has 0 saturated heterocycles. The quantitative estimate of drug-likeness (QED) is 0.203. The first kappa shape index (κ1) is 25.3. The van der Waals surface area contributed by atoms with E-state index in [2.05, 4.69) is 45.6 Å². The third-order valence-electron chi connectivity index (χ3n) is 5.84. The van der Waals surface area contributed by atoms with E-state index in [0.29, 0.717) is 34.3 Å². The standard InChI is InChI=1S/C27H24ClN5O2S2/c1-3-33-24(14-35-23-13-10-18-6-4-5-7-21(18)17(23)2)31-32-27(33)37-16-25(34)30-26-29-22(15-36-26)19-8-11-20(28)12-9-19/h4-13,15H,3,14,16H2,1-2H3,(H,29,30,34). The number of thiazole rings is 1. The van der Waals surface area contributed by atoms with Gasteiger partial charge in [0.2, 0.25) is 5.91 Å². The van der Waals surface area contributed by atoms with Crippen LogP contribution in [0.2, 0.25) is 5.02 Å². The number of nitrogens with zero attached hydrogens (tertiary/aromatic N) is 4. The predicted molar refractivity (Wildman–Crippen MR) is 151 cm³/mol. The molecule has 37 heavy (non-hydrogen) atoms. The fraction of sp³-hybridized carbons (Fsp3) is 0.185. The van der Waals surface area contributed by atoms with Crippen molar-refractivity contribution in [2.24, 2.45) is 0 Å². The second-order valence-corrected chi connectivity index (χ2v) is 10.5. The molecule has 1 N–H and O–H groups in total. The van der Waals surface area contributed by atoms with Crippen LogP contribution in [-0.4, -0.2) is 31.4 Å². The molecule has 5 aromatic rings. The summed E-state index contributed by atoms with van der Waals surface area (Å²) < 4.78 is 8.08. The number of rotatable bonds is 9. The first-order chi connectivity index (χ1) is 18.0. The molecular formula is C27H24ClN5O2S2. The van der Waals surface area contributed by atoms with E-state index in [1.54, 1.807) is 0 Å². The highest BCUT2D eigenvalue weighted by Crippen LogP contribution is 2.29. The number of fused-ring (bicyclic) bond motifs is 1. The van der Waals surface area contributed by atoms with Crippen LogP contribution in [0.3, 0.4) is 0 Å². The van der Waals surface area contributed by atoms with Crippen molar-refractivity contribution in [3.05, 3.63) is 82.5 Å². The van der Waals surface area contributed by atoms with Crippen molar-refractivity contribution in [3.63, 3.8) is 0 Å². The number of benzene rings is 3. The van der Waals surface area contributed by atoms with Gasteiger partial charge >= 0.3 is 0 Å². The summed E-state index contributed by atoms with van der Waals surface area (Å²) in [6.45, 7) is 5.04. The van der Waals surface area contributed by atoms with Crippen LogP contribution in [0.1, 0.15) is 18.3 Å². The highest BCUT2D eigenvalue weighted by atomic mass is 35.5. The van der Waals surface area contributed by atoms with Crippen LogP contribution in [0.25, 0.3) is 22.0 Å². The summed E-state index contributed by atoms with van der Waals surface area (Å²) in [4.78, 5) is 17.1. The van der Waals surface area contributed by atoms with E-state index >= 15 is 0 Å². The Morgan fingerprint density at radius 1 is 1.11 bits per heavy atom. The Morgan fingerprint density at radius 2 is 1.92 bits per heavy atom. The minimum absolute atomic E-state index is 0.155. The van der Waals surface area contributed by atoms with Gasteiger partial charge in [-0.3, -0.25) is 4.79 Å². The van der Waals surface area contributed by atoms with Gasteiger partial charge < -0.3 is 14.6 Å².